The molecule has 158 valence electrons. The predicted octanol–water partition coefficient (Wildman–Crippen LogP) is 3.56. The molecule has 0 radical (unpaired) electrons. The molecule has 30 heavy (non-hydrogen) atoms. The molecule has 7 nitrogen and oxygen atoms in total. The van der Waals surface area contributed by atoms with Crippen LogP contribution in [0, 0.1) is 11.7 Å². The van der Waals surface area contributed by atoms with Gasteiger partial charge in [0.25, 0.3) is 5.91 Å². The second-order valence-electron chi connectivity index (χ2n) is 7.04. The maximum atomic E-state index is 13.1. The molecule has 0 saturated carbocycles. The van der Waals surface area contributed by atoms with Crippen LogP contribution in [-0.4, -0.2) is 42.6 Å². The standard InChI is InChI=1S/C22H23FN2O5/c1-2-30-22(29)16-4-3-11-25(13-16)19-10-7-15(21(27)28)12-18(19)24-20(26)14-5-8-17(23)9-6-14/h5-10,12,16H,2-4,11,13H2,1H3,(H,24,26)(H,27,28)/t16-/m0/s1. The van der Waals surface area contributed by atoms with Gasteiger partial charge in [0.05, 0.1) is 29.5 Å². The molecular weight excluding hydrogens is 391 g/mol. The second kappa shape index (κ2) is 9.39. The lowest BCUT2D eigenvalue weighted by Gasteiger charge is -2.34. The minimum absolute atomic E-state index is 0.0205. The van der Waals surface area contributed by atoms with Gasteiger partial charge in [-0.25, -0.2) is 9.18 Å². The van der Waals surface area contributed by atoms with E-state index in [2.05, 4.69) is 5.32 Å². The number of carbonyl (C=O) groups excluding carboxylic acids is 2. The van der Waals surface area contributed by atoms with Crippen LogP contribution in [0.5, 0.6) is 0 Å². The van der Waals surface area contributed by atoms with Gasteiger partial charge in [-0.1, -0.05) is 0 Å². The highest BCUT2D eigenvalue weighted by Gasteiger charge is 2.28. The molecule has 1 heterocycles. The van der Waals surface area contributed by atoms with Crippen molar-refractivity contribution in [2.45, 2.75) is 19.8 Å². The van der Waals surface area contributed by atoms with Crippen molar-refractivity contribution < 1.29 is 28.6 Å². The third kappa shape index (κ3) is 4.94. The van der Waals surface area contributed by atoms with Crippen LogP contribution in [0.4, 0.5) is 15.8 Å². The van der Waals surface area contributed by atoms with E-state index in [0.717, 1.165) is 6.42 Å². The molecule has 0 aromatic heterocycles. The lowest BCUT2D eigenvalue weighted by Crippen LogP contribution is -2.39. The maximum absolute atomic E-state index is 13.1. The number of anilines is 2. The van der Waals surface area contributed by atoms with E-state index in [4.69, 9.17) is 4.74 Å². The number of nitrogens with zero attached hydrogens (tertiary/aromatic N) is 1. The van der Waals surface area contributed by atoms with Gasteiger partial charge in [0.2, 0.25) is 0 Å². The number of halogens is 1. The average molecular weight is 414 g/mol. The Balaban J connectivity index is 1.88. The average Bonchev–Trinajstić information content (AvgIpc) is 2.74. The Kier molecular flexibility index (Phi) is 6.66. The first kappa shape index (κ1) is 21.3. The number of benzene rings is 2. The summed E-state index contributed by atoms with van der Waals surface area (Å²) in [6.45, 7) is 3.13. The summed E-state index contributed by atoms with van der Waals surface area (Å²) in [4.78, 5) is 38.2. The van der Waals surface area contributed by atoms with Gasteiger partial charge in [0.1, 0.15) is 5.82 Å². The van der Waals surface area contributed by atoms with Gasteiger partial charge in [-0.3, -0.25) is 9.59 Å². The Hall–Kier alpha value is -3.42. The molecule has 8 heteroatoms. The number of esters is 1. The van der Waals surface area contributed by atoms with Crippen molar-refractivity contribution in [1.29, 1.82) is 0 Å². The van der Waals surface area contributed by atoms with E-state index in [0.29, 0.717) is 37.5 Å². The van der Waals surface area contributed by atoms with Crippen LogP contribution < -0.4 is 10.2 Å². The van der Waals surface area contributed by atoms with Crippen molar-refractivity contribution in [1.82, 2.24) is 0 Å². The topological polar surface area (TPSA) is 95.9 Å². The first-order valence-electron chi connectivity index (χ1n) is 9.75. The first-order chi connectivity index (χ1) is 14.4. The van der Waals surface area contributed by atoms with Crippen LogP contribution >= 0.6 is 0 Å². The zero-order chi connectivity index (χ0) is 21.7. The molecule has 1 aliphatic rings. The number of carbonyl (C=O) groups is 3. The molecule has 2 N–H and O–H groups in total. The second-order valence-corrected chi connectivity index (χ2v) is 7.04. The van der Waals surface area contributed by atoms with Gasteiger partial charge >= 0.3 is 11.9 Å². The number of nitrogens with one attached hydrogen (secondary N) is 1. The molecule has 1 fully saturated rings. The van der Waals surface area contributed by atoms with Crippen LogP contribution in [-0.2, 0) is 9.53 Å². The molecular formula is C22H23FN2O5. The SMILES string of the molecule is CCOC(=O)[C@H]1CCCN(c2ccc(C(=O)O)cc2NC(=O)c2ccc(F)cc2)C1. The summed E-state index contributed by atoms with van der Waals surface area (Å²) >= 11 is 0. The molecule has 1 saturated heterocycles. The quantitative estimate of drug-likeness (QED) is 0.702. The molecule has 2 aromatic rings. The molecule has 0 bridgehead atoms. The van der Waals surface area contributed by atoms with Crippen molar-refractivity contribution in [2.24, 2.45) is 5.92 Å². The van der Waals surface area contributed by atoms with E-state index in [-0.39, 0.29) is 23.0 Å². The zero-order valence-electron chi connectivity index (χ0n) is 16.6. The van der Waals surface area contributed by atoms with Crippen LogP contribution in [0.3, 0.4) is 0 Å². The van der Waals surface area contributed by atoms with Gasteiger partial charge in [-0.05, 0) is 62.2 Å². The molecule has 0 unspecified atom stereocenters. The van der Waals surface area contributed by atoms with E-state index in [9.17, 15) is 23.9 Å². The van der Waals surface area contributed by atoms with Crippen LogP contribution in [0.15, 0.2) is 42.5 Å². The van der Waals surface area contributed by atoms with E-state index in [1.807, 2.05) is 4.90 Å². The zero-order valence-corrected chi connectivity index (χ0v) is 16.6. The van der Waals surface area contributed by atoms with Crippen molar-refractivity contribution in [2.75, 3.05) is 29.9 Å². The number of carboxylic acids is 1. The van der Waals surface area contributed by atoms with Gasteiger partial charge in [0.15, 0.2) is 0 Å². The number of carboxylic acid groups (broad SMARTS) is 1. The molecule has 2 aromatic carbocycles. The van der Waals surface area contributed by atoms with E-state index < -0.39 is 17.7 Å². The minimum Gasteiger partial charge on any atom is -0.478 e. The highest BCUT2D eigenvalue weighted by atomic mass is 19.1. The fraction of sp³-hybridized carbons (Fsp3) is 0.318. The number of aromatic carboxylic acids is 1. The predicted molar refractivity (Wildman–Crippen MR) is 109 cm³/mol. The number of hydrogen-bond acceptors (Lipinski definition) is 5. The molecule has 0 spiro atoms. The van der Waals surface area contributed by atoms with Crippen LogP contribution in [0.25, 0.3) is 0 Å². The van der Waals surface area contributed by atoms with Gasteiger partial charge in [0, 0.05) is 18.7 Å². The van der Waals surface area contributed by atoms with Gasteiger partial charge < -0.3 is 20.1 Å². The molecule has 3 rings (SSSR count). The molecule has 1 aliphatic heterocycles. The van der Waals surface area contributed by atoms with Crippen molar-refractivity contribution >= 4 is 29.2 Å². The number of rotatable bonds is 6. The normalized spacial score (nSPS) is 16.1. The summed E-state index contributed by atoms with van der Waals surface area (Å²) in [5, 5.41) is 12.1. The van der Waals surface area contributed by atoms with Crippen molar-refractivity contribution in [3.8, 4) is 0 Å². The third-order valence-corrected chi connectivity index (χ3v) is 4.98. The highest BCUT2D eigenvalue weighted by molar-refractivity contribution is 6.06. The number of hydrogen-bond donors (Lipinski definition) is 2. The highest BCUT2D eigenvalue weighted by Crippen LogP contribution is 2.32. The fourth-order valence-electron chi connectivity index (χ4n) is 3.49. The Labute approximate surface area is 173 Å². The molecule has 1 amide bonds. The maximum Gasteiger partial charge on any atom is 0.335 e. The first-order valence-corrected chi connectivity index (χ1v) is 9.75. The molecule has 0 aliphatic carbocycles. The summed E-state index contributed by atoms with van der Waals surface area (Å²) < 4.78 is 18.3. The monoisotopic (exact) mass is 414 g/mol. The summed E-state index contributed by atoms with van der Waals surface area (Å²) in [7, 11) is 0. The van der Waals surface area contributed by atoms with E-state index >= 15 is 0 Å². The summed E-state index contributed by atoms with van der Waals surface area (Å²) in [6, 6.07) is 9.52. The van der Waals surface area contributed by atoms with Crippen molar-refractivity contribution in [3.63, 3.8) is 0 Å². The Morgan fingerprint density at radius 2 is 1.87 bits per heavy atom. The lowest BCUT2D eigenvalue weighted by molar-refractivity contribution is -0.148. The number of ether oxygens (including phenoxy) is 1. The lowest BCUT2D eigenvalue weighted by atomic mass is 9.97. The van der Waals surface area contributed by atoms with Crippen LogP contribution in [0.1, 0.15) is 40.5 Å². The summed E-state index contributed by atoms with van der Waals surface area (Å²) in [5.74, 6) is -2.63. The Morgan fingerprint density at radius 1 is 1.17 bits per heavy atom. The summed E-state index contributed by atoms with van der Waals surface area (Å²) in [5.41, 5.74) is 1.19. The third-order valence-electron chi connectivity index (χ3n) is 4.98. The number of amides is 1. The van der Waals surface area contributed by atoms with Gasteiger partial charge in [-0.2, -0.15) is 0 Å². The van der Waals surface area contributed by atoms with Crippen LogP contribution in [0.2, 0.25) is 0 Å². The Bertz CT molecular complexity index is 945. The minimum atomic E-state index is -1.12. The van der Waals surface area contributed by atoms with E-state index in [1.165, 1.54) is 36.4 Å². The smallest absolute Gasteiger partial charge is 0.335 e. The summed E-state index contributed by atoms with van der Waals surface area (Å²) in [6.07, 6.45) is 1.47. The number of piperidine rings is 1. The van der Waals surface area contributed by atoms with E-state index in [1.54, 1.807) is 13.0 Å². The van der Waals surface area contributed by atoms with Crippen molar-refractivity contribution in [3.05, 3.63) is 59.4 Å². The largest absolute Gasteiger partial charge is 0.478 e. The molecule has 1 atom stereocenters. The Morgan fingerprint density at radius 3 is 2.53 bits per heavy atom. The van der Waals surface area contributed by atoms with Gasteiger partial charge in [-0.15, -0.1) is 0 Å². The fourth-order valence-corrected chi connectivity index (χ4v) is 3.49.